The molecule has 2 aromatic carbocycles. The molecule has 0 aliphatic carbocycles. The number of rotatable bonds is 8. The van der Waals surface area contributed by atoms with Crippen LogP contribution in [-0.2, 0) is 19.6 Å². The third-order valence-corrected chi connectivity index (χ3v) is 5.96. The van der Waals surface area contributed by atoms with Gasteiger partial charge in [-0.1, -0.05) is 5.11 Å². The van der Waals surface area contributed by atoms with Crippen LogP contribution in [0.5, 0.6) is 11.5 Å². The van der Waals surface area contributed by atoms with Crippen molar-refractivity contribution in [1.29, 1.82) is 0 Å². The smallest absolute Gasteiger partial charge is 0.320 e. The molecule has 164 valence electrons. The first kappa shape index (κ1) is 22.2. The van der Waals surface area contributed by atoms with Gasteiger partial charge in [0.05, 0.1) is 25.2 Å². The molecule has 0 radical (unpaired) electrons. The molecule has 12 heteroatoms. The van der Waals surface area contributed by atoms with Gasteiger partial charge in [-0.25, -0.2) is 8.42 Å². The van der Waals surface area contributed by atoms with E-state index in [1.165, 1.54) is 49.6 Å². The Labute approximate surface area is 178 Å². The van der Waals surface area contributed by atoms with Crippen LogP contribution in [0.3, 0.4) is 0 Å². The summed E-state index contributed by atoms with van der Waals surface area (Å²) < 4.78 is 43.4. The van der Waals surface area contributed by atoms with Crippen molar-refractivity contribution < 1.29 is 32.5 Å². The van der Waals surface area contributed by atoms with Crippen LogP contribution in [0, 0.1) is 0 Å². The maximum Gasteiger partial charge on any atom is 0.320 e. The van der Waals surface area contributed by atoms with Crippen LogP contribution in [0.4, 0.5) is 5.69 Å². The standard InChI is InChI=1S/C19H20N4O7S/c1-3-29-18(24)17-15-10-12(4-9-16(15)30-19(17,25)11-21-23-20)22-31(26,27)14-7-5-13(28-2)6-8-14/h4-10,17,22,25H,3,11H2,1-2H3. The molecule has 0 fully saturated rings. The van der Waals surface area contributed by atoms with Gasteiger partial charge in [-0.05, 0) is 54.9 Å². The lowest BCUT2D eigenvalue weighted by Gasteiger charge is -2.25. The number of ether oxygens (including phenoxy) is 3. The second-order valence-electron chi connectivity index (χ2n) is 6.55. The largest absolute Gasteiger partial charge is 0.497 e. The number of aliphatic hydroxyl groups is 1. The van der Waals surface area contributed by atoms with Crippen LogP contribution in [0.1, 0.15) is 18.4 Å². The summed E-state index contributed by atoms with van der Waals surface area (Å²) in [6, 6.07) is 9.99. The molecule has 0 bridgehead atoms. The fourth-order valence-electron chi connectivity index (χ4n) is 3.18. The monoisotopic (exact) mass is 448 g/mol. The third-order valence-electron chi connectivity index (χ3n) is 4.56. The molecule has 0 aromatic heterocycles. The van der Waals surface area contributed by atoms with Crippen molar-refractivity contribution in [1.82, 2.24) is 0 Å². The third kappa shape index (κ3) is 4.50. The Morgan fingerprint density at radius 2 is 2.03 bits per heavy atom. The first-order chi connectivity index (χ1) is 14.7. The highest BCUT2D eigenvalue weighted by Crippen LogP contribution is 2.45. The summed E-state index contributed by atoms with van der Waals surface area (Å²) in [5, 5.41) is 14.1. The number of nitrogens with zero attached hydrogens (tertiary/aromatic N) is 3. The van der Waals surface area contributed by atoms with E-state index >= 15 is 0 Å². The Morgan fingerprint density at radius 1 is 1.32 bits per heavy atom. The number of azide groups is 1. The summed E-state index contributed by atoms with van der Waals surface area (Å²) in [6.07, 6.45) is 0. The quantitative estimate of drug-likeness (QED) is 0.271. The Balaban J connectivity index is 1.95. The van der Waals surface area contributed by atoms with Gasteiger partial charge < -0.3 is 19.3 Å². The molecule has 2 aromatic rings. The summed E-state index contributed by atoms with van der Waals surface area (Å²) in [7, 11) is -2.47. The van der Waals surface area contributed by atoms with E-state index in [-0.39, 0.29) is 28.5 Å². The maximum atomic E-state index is 12.7. The van der Waals surface area contributed by atoms with Gasteiger partial charge in [-0.2, -0.15) is 0 Å². The van der Waals surface area contributed by atoms with E-state index < -0.39 is 34.2 Å². The number of methoxy groups -OCH3 is 1. The Hall–Kier alpha value is -3.47. The van der Waals surface area contributed by atoms with Gasteiger partial charge in [0.1, 0.15) is 11.5 Å². The summed E-state index contributed by atoms with van der Waals surface area (Å²) in [6.45, 7) is 1.10. The molecular weight excluding hydrogens is 428 g/mol. The number of sulfonamides is 1. The molecule has 0 saturated carbocycles. The molecule has 11 nitrogen and oxygen atoms in total. The molecule has 1 aliphatic heterocycles. The van der Waals surface area contributed by atoms with Crippen molar-refractivity contribution in [2.45, 2.75) is 23.5 Å². The van der Waals surface area contributed by atoms with Crippen LogP contribution in [-0.4, -0.2) is 45.5 Å². The van der Waals surface area contributed by atoms with E-state index in [1.807, 2.05) is 0 Å². The predicted molar refractivity (Wildman–Crippen MR) is 109 cm³/mol. The molecule has 0 saturated heterocycles. The minimum absolute atomic E-state index is 0.00635. The molecule has 3 rings (SSSR count). The predicted octanol–water partition coefficient (Wildman–Crippen LogP) is 2.53. The zero-order valence-corrected chi connectivity index (χ0v) is 17.5. The molecule has 2 unspecified atom stereocenters. The van der Waals surface area contributed by atoms with E-state index in [1.54, 1.807) is 6.92 Å². The van der Waals surface area contributed by atoms with Crippen molar-refractivity contribution in [2.75, 3.05) is 25.0 Å². The van der Waals surface area contributed by atoms with E-state index in [2.05, 4.69) is 14.7 Å². The lowest BCUT2D eigenvalue weighted by Crippen LogP contribution is -2.44. The first-order valence-corrected chi connectivity index (χ1v) is 10.6. The van der Waals surface area contributed by atoms with E-state index in [4.69, 9.17) is 19.7 Å². The fraction of sp³-hybridized carbons (Fsp3) is 0.316. The molecule has 31 heavy (non-hydrogen) atoms. The molecular formula is C19H20N4O7S. The van der Waals surface area contributed by atoms with Gasteiger partial charge in [-0.15, -0.1) is 0 Å². The van der Waals surface area contributed by atoms with Gasteiger partial charge in [0.15, 0.2) is 5.92 Å². The van der Waals surface area contributed by atoms with E-state index in [0.29, 0.717) is 5.75 Å². The lowest BCUT2D eigenvalue weighted by molar-refractivity contribution is -0.170. The number of carbonyl (C=O) groups excluding carboxylic acids is 1. The normalized spacial score (nSPS) is 19.5. The van der Waals surface area contributed by atoms with Crippen molar-refractivity contribution in [3.63, 3.8) is 0 Å². The molecule has 2 atom stereocenters. The first-order valence-electron chi connectivity index (χ1n) is 9.14. The number of hydrogen-bond donors (Lipinski definition) is 2. The summed E-state index contributed by atoms with van der Waals surface area (Å²) in [5.74, 6) is -3.65. The Bertz CT molecular complexity index is 1130. The van der Waals surface area contributed by atoms with Crippen LogP contribution in [0.25, 0.3) is 10.4 Å². The highest BCUT2D eigenvalue weighted by atomic mass is 32.2. The van der Waals surface area contributed by atoms with E-state index in [9.17, 15) is 18.3 Å². The van der Waals surface area contributed by atoms with Crippen LogP contribution < -0.4 is 14.2 Å². The number of carbonyl (C=O) groups is 1. The summed E-state index contributed by atoms with van der Waals surface area (Å²) >= 11 is 0. The fourth-order valence-corrected chi connectivity index (χ4v) is 4.23. The number of esters is 1. The van der Waals surface area contributed by atoms with Crippen LogP contribution in [0.15, 0.2) is 52.5 Å². The molecule has 1 aliphatic rings. The van der Waals surface area contributed by atoms with E-state index in [0.717, 1.165) is 0 Å². The number of fused-ring (bicyclic) bond motifs is 1. The number of benzene rings is 2. The van der Waals surface area contributed by atoms with Crippen molar-refractivity contribution in [3.05, 3.63) is 58.5 Å². The van der Waals surface area contributed by atoms with Crippen LogP contribution in [0.2, 0.25) is 0 Å². The number of hydrogen-bond acceptors (Lipinski definition) is 8. The van der Waals surface area contributed by atoms with Gasteiger partial charge in [0.2, 0.25) is 5.79 Å². The molecule has 0 spiro atoms. The highest BCUT2D eigenvalue weighted by Gasteiger charge is 2.52. The SMILES string of the molecule is CCOC(=O)C1c2cc(NS(=O)(=O)c3ccc(OC)cc3)ccc2OC1(O)CN=[N+]=[N-]. The second-order valence-corrected chi connectivity index (χ2v) is 8.24. The van der Waals surface area contributed by atoms with Crippen LogP contribution >= 0.6 is 0 Å². The Morgan fingerprint density at radius 3 is 2.65 bits per heavy atom. The summed E-state index contributed by atoms with van der Waals surface area (Å²) in [5.41, 5.74) is 8.93. The number of nitrogens with one attached hydrogen (secondary N) is 1. The average molecular weight is 448 g/mol. The second kappa shape index (κ2) is 8.72. The van der Waals surface area contributed by atoms with Gasteiger partial charge in [0, 0.05) is 16.2 Å². The zero-order chi connectivity index (χ0) is 22.6. The molecule has 1 heterocycles. The highest BCUT2D eigenvalue weighted by molar-refractivity contribution is 7.92. The topological polar surface area (TPSA) is 160 Å². The molecule has 0 amide bonds. The minimum atomic E-state index is -3.94. The summed E-state index contributed by atoms with van der Waals surface area (Å²) in [4.78, 5) is 15.1. The minimum Gasteiger partial charge on any atom is -0.497 e. The molecule has 2 N–H and O–H groups in total. The van der Waals surface area contributed by atoms with Gasteiger partial charge in [0.25, 0.3) is 10.0 Å². The van der Waals surface area contributed by atoms with Crippen molar-refractivity contribution in [2.24, 2.45) is 5.11 Å². The van der Waals surface area contributed by atoms with Crippen molar-refractivity contribution >= 4 is 21.7 Å². The zero-order valence-electron chi connectivity index (χ0n) is 16.7. The van der Waals surface area contributed by atoms with Gasteiger partial charge in [-0.3, -0.25) is 9.52 Å². The maximum absolute atomic E-state index is 12.7. The average Bonchev–Trinajstić information content (AvgIpc) is 3.03. The Kier molecular flexibility index (Phi) is 6.25. The van der Waals surface area contributed by atoms with Crippen molar-refractivity contribution in [3.8, 4) is 11.5 Å². The van der Waals surface area contributed by atoms with Gasteiger partial charge >= 0.3 is 5.97 Å². The lowest BCUT2D eigenvalue weighted by atomic mass is 9.92. The number of anilines is 1.